The highest BCUT2D eigenvalue weighted by Crippen LogP contribution is 2.01. The third-order valence-electron chi connectivity index (χ3n) is 1.32. The van der Waals surface area contributed by atoms with E-state index in [0.29, 0.717) is 6.54 Å². The summed E-state index contributed by atoms with van der Waals surface area (Å²) in [6.07, 6.45) is 0.927. The molecular weight excluding hydrogens is 176 g/mol. The highest BCUT2D eigenvalue weighted by molar-refractivity contribution is 5.30. The Hall–Kier alpha value is -1.92. The normalized spacial score (nSPS) is 9.62. The molecule has 0 saturated heterocycles. The van der Waals surface area contributed by atoms with E-state index in [-0.39, 0.29) is 5.95 Å². The number of hydrogen-bond donors (Lipinski definition) is 2. The number of nitrogens with one attached hydrogen (secondary N) is 2. The van der Waals surface area contributed by atoms with Crippen molar-refractivity contribution in [1.29, 1.82) is 0 Å². The van der Waals surface area contributed by atoms with Crippen LogP contribution in [-0.4, -0.2) is 21.4 Å². The molecular formula is C6H8N4O3. The van der Waals surface area contributed by atoms with Gasteiger partial charge in [0.1, 0.15) is 6.20 Å². The molecule has 7 heteroatoms. The minimum Gasteiger partial charge on any atom is -0.356 e. The first-order chi connectivity index (χ1) is 6.15. The van der Waals surface area contributed by atoms with E-state index in [0.717, 1.165) is 6.20 Å². The molecule has 7 nitrogen and oxygen atoms in total. The number of aromatic amines is 1. The summed E-state index contributed by atoms with van der Waals surface area (Å²) >= 11 is 0. The van der Waals surface area contributed by atoms with E-state index >= 15 is 0 Å². The van der Waals surface area contributed by atoms with Crippen LogP contribution in [0, 0.1) is 10.1 Å². The molecule has 0 bridgehead atoms. The second-order valence-electron chi connectivity index (χ2n) is 2.23. The fraction of sp³-hybridized carbons (Fsp3) is 0.333. The molecule has 0 aliphatic rings. The third-order valence-corrected chi connectivity index (χ3v) is 1.32. The maximum Gasteiger partial charge on any atom is 0.352 e. The van der Waals surface area contributed by atoms with Crippen molar-refractivity contribution in [3.05, 3.63) is 26.7 Å². The Morgan fingerprint density at radius 3 is 2.92 bits per heavy atom. The minimum absolute atomic E-state index is 0.234. The zero-order valence-corrected chi connectivity index (χ0v) is 6.90. The van der Waals surface area contributed by atoms with Crippen molar-refractivity contribution in [1.82, 2.24) is 9.97 Å². The Balaban J connectivity index is 3.06. The number of hydrogen-bond acceptors (Lipinski definition) is 5. The number of aromatic nitrogens is 2. The predicted octanol–water partition coefficient (Wildman–Crippen LogP) is 0.110. The lowest BCUT2D eigenvalue weighted by molar-refractivity contribution is -0.386. The lowest BCUT2D eigenvalue weighted by atomic mass is 10.5. The molecule has 0 aromatic carbocycles. The molecule has 0 unspecified atom stereocenters. The van der Waals surface area contributed by atoms with Crippen molar-refractivity contribution >= 4 is 11.6 Å². The standard InChI is InChI=1S/C6H8N4O3/c1-2-7-6-8-3-4(10(12)13)5(11)9-6/h3H,2H2,1H3,(H2,7,8,9,11). The van der Waals surface area contributed by atoms with Gasteiger partial charge in [-0.1, -0.05) is 0 Å². The maximum absolute atomic E-state index is 11.0. The SMILES string of the molecule is CCNc1ncc([N+](=O)[O-])c(=O)[nH]1. The molecule has 0 radical (unpaired) electrons. The number of rotatable bonds is 3. The van der Waals surface area contributed by atoms with Crippen LogP contribution in [0.4, 0.5) is 11.6 Å². The molecule has 0 aliphatic heterocycles. The Labute approximate surface area is 73.0 Å². The molecule has 1 aromatic rings. The van der Waals surface area contributed by atoms with Gasteiger partial charge in [0.25, 0.3) is 0 Å². The summed E-state index contributed by atoms with van der Waals surface area (Å²) in [7, 11) is 0. The molecule has 0 atom stereocenters. The summed E-state index contributed by atoms with van der Waals surface area (Å²) in [4.78, 5) is 26.3. The van der Waals surface area contributed by atoms with Gasteiger partial charge >= 0.3 is 11.2 Å². The lowest BCUT2D eigenvalue weighted by Gasteiger charge is -1.99. The van der Waals surface area contributed by atoms with Gasteiger partial charge in [-0.2, -0.15) is 0 Å². The molecule has 0 amide bonds. The monoisotopic (exact) mass is 184 g/mol. The Kier molecular flexibility index (Phi) is 2.58. The first kappa shape index (κ1) is 9.17. The van der Waals surface area contributed by atoms with E-state index in [4.69, 9.17) is 0 Å². The molecule has 13 heavy (non-hydrogen) atoms. The van der Waals surface area contributed by atoms with Crippen molar-refractivity contribution < 1.29 is 4.92 Å². The van der Waals surface area contributed by atoms with Crippen molar-refractivity contribution in [2.24, 2.45) is 0 Å². The highest BCUT2D eigenvalue weighted by Gasteiger charge is 2.12. The van der Waals surface area contributed by atoms with Gasteiger partial charge in [0.05, 0.1) is 4.92 Å². The first-order valence-corrected chi connectivity index (χ1v) is 3.62. The molecule has 0 spiro atoms. The first-order valence-electron chi connectivity index (χ1n) is 3.62. The second-order valence-corrected chi connectivity index (χ2v) is 2.23. The van der Waals surface area contributed by atoms with Crippen molar-refractivity contribution in [3.63, 3.8) is 0 Å². The second kappa shape index (κ2) is 3.65. The summed E-state index contributed by atoms with van der Waals surface area (Å²) in [6, 6.07) is 0. The van der Waals surface area contributed by atoms with Gasteiger partial charge in [0.15, 0.2) is 0 Å². The predicted molar refractivity (Wildman–Crippen MR) is 45.7 cm³/mol. The van der Waals surface area contributed by atoms with Gasteiger partial charge in [-0.3, -0.25) is 19.9 Å². The van der Waals surface area contributed by atoms with Gasteiger partial charge in [-0.15, -0.1) is 0 Å². The summed E-state index contributed by atoms with van der Waals surface area (Å²) in [5.74, 6) is 0.234. The lowest BCUT2D eigenvalue weighted by Crippen LogP contribution is -2.15. The van der Waals surface area contributed by atoms with Gasteiger partial charge in [0, 0.05) is 6.54 Å². The van der Waals surface area contributed by atoms with Crippen molar-refractivity contribution in [3.8, 4) is 0 Å². The summed E-state index contributed by atoms with van der Waals surface area (Å²) in [5.41, 5.74) is -1.31. The van der Waals surface area contributed by atoms with Crippen LogP contribution in [0.2, 0.25) is 0 Å². The number of nitrogens with zero attached hydrogens (tertiary/aromatic N) is 2. The fourth-order valence-electron chi connectivity index (χ4n) is 0.776. The van der Waals surface area contributed by atoms with Crippen LogP contribution in [0.3, 0.4) is 0 Å². The quantitative estimate of drug-likeness (QED) is 0.512. The summed E-state index contributed by atoms with van der Waals surface area (Å²) in [5, 5.41) is 12.9. The van der Waals surface area contributed by atoms with Gasteiger partial charge < -0.3 is 5.32 Å². The zero-order chi connectivity index (χ0) is 9.84. The average Bonchev–Trinajstić information content (AvgIpc) is 2.04. The van der Waals surface area contributed by atoms with E-state index in [1.165, 1.54) is 0 Å². The zero-order valence-electron chi connectivity index (χ0n) is 6.90. The van der Waals surface area contributed by atoms with Crippen LogP contribution in [0.25, 0.3) is 0 Å². The van der Waals surface area contributed by atoms with Gasteiger partial charge in [-0.05, 0) is 6.92 Å². The molecule has 1 aromatic heterocycles. The molecule has 1 rings (SSSR count). The molecule has 1 heterocycles. The van der Waals surface area contributed by atoms with Crippen molar-refractivity contribution in [2.75, 3.05) is 11.9 Å². The molecule has 0 fully saturated rings. The largest absolute Gasteiger partial charge is 0.356 e. The summed E-state index contributed by atoms with van der Waals surface area (Å²) < 4.78 is 0. The maximum atomic E-state index is 11.0. The molecule has 0 saturated carbocycles. The average molecular weight is 184 g/mol. The van der Waals surface area contributed by atoms with Crippen LogP contribution < -0.4 is 10.9 Å². The van der Waals surface area contributed by atoms with E-state index < -0.39 is 16.2 Å². The number of anilines is 1. The Morgan fingerprint density at radius 1 is 1.77 bits per heavy atom. The van der Waals surface area contributed by atoms with E-state index in [1.807, 2.05) is 6.92 Å². The van der Waals surface area contributed by atoms with Gasteiger partial charge in [-0.25, -0.2) is 4.98 Å². The molecule has 70 valence electrons. The molecule has 2 N–H and O–H groups in total. The Morgan fingerprint density at radius 2 is 2.46 bits per heavy atom. The molecule has 0 aliphatic carbocycles. The van der Waals surface area contributed by atoms with E-state index in [9.17, 15) is 14.9 Å². The minimum atomic E-state index is -0.776. The highest BCUT2D eigenvalue weighted by atomic mass is 16.6. The Bertz CT molecular complexity index is 372. The third kappa shape index (κ3) is 2.01. The van der Waals surface area contributed by atoms with Crippen LogP contribution in [0.15, 0.2) is 11.0 Å². The van der Waals surface area contributed by atoms with E-state index in [1.54, 1.807) is 0 Å². The smallest absolute Gasteiger partial charge is 0.352 e. The van der Waals surface area contributed by atoms with Crippen LogP contribution in [0.1, 0.15) is 6.92 Å². The number of H-pyrrole nitrogens is 1. The fourth-order valence-corrected chi connectivity index (χ4v) is 0.776. The van der Waals surface area contributed by atoms with Crippen molar-refractivity contribution in [2.45, 2.75) is 6.92 Å². The van der Waals surface area contributed by atoms with Crippen LogP contribution >= 0.6 is 0 Å². The van der Waals surface area contributed by atoms with Crippen LogP contribution in [0.5, 0.6) is 0 Å². The van der Waals surface area contributed by atoms with E-state index in [2.05, 4.69) is 15.3 Å². The number of nitro groups is 1. The van der Waals surface area contributed by atoms with Crippen LogP contribution in [-0.2, 0) is 0 Å². The summed E-state index contributed by atoms with van der Waals surface area (Å²) in [6.45, 7) is 2.40. The topological polar surface area (TPSA) is 101 Å². The van der Waals surface area contributed by atoms with Gasteiger partial charge in [0.2, 0.25) is 5.95 Å².